The van der Waals surface area contributed by atoms with Crippen LogP contribution in [0.25, 0.3) is 0 Å². The van der Waals surface area contributed by atoms with Gasteiger partial charge in [0.15, 0.2) is 0 Å². The first-order chi connectivity index (χ1) is 11.7. The quantitative estimate of drug-likeness (QED) is 0.487. The molecule has 0 aromatic carbocycles. The van der Waals surface area contributed by atoms with Crippen molar-refractivity contribution in [1.82, 2.24) is 20.9 Å². The Hall–Kier alpha value is -1.18. The largest absolute Gasteiger partial charge is 0.379 e. The lowest BCUT2D eigenvalue weighted by molar-refractivity contribution is -0.140. The first kappa shape index (κ1) is 20.1. The van der Waals surface area contributed by atoms with Crippen LogP contribution in [-0.2, 0) is 14.3 Å². The second-order valence-corrected chi connectivity index (χ2v) is 8.53. The molecule has 3 N–H and O–H groups in total. The number of hydrogen-bond acceptors (Lipinski definition) is 5. The molecule has 0 bridgehead atoms. The number of hydrogen-bond donors (Lipinski definition) is 3. The van der Waals surface area contributed by atoms with Crippen LogP contribution in [0.5, 0.6) is 0 Å². The van der Waals surface area contributed by atoms with E-state index in [2.05, 4.69) is 48.5 Å². The first-order valence-corrected chi connectivity index (χ1v) is 9.35. The highest BCUT2D eigenvalue weighted by molar-refractivity contribution is 6.35. The molecule has 7 nitrogen and oxygen atoms in total. The number of morpholine rings is 1. The van der Waals surface area contributed by atoms with Crippen molar-refractivity contribution in [1.29, 1.82) is 0 Å². The van der Waals surface area contributed by atoms with Crippen LogP contribution in [0.4, 0.5) is 0 Å². The minimum absolute atomic E-state index is 0.0119. The van der Waals surface area contributed by atoms with Crippen molar-refractivity contribution in [2.45, 2.75) is 64.1 Å². The molecule has 2 heterocycles. The van der Waals surface area contributed by atoms with Gasteiger partial charge < -0.3 is 20.7 Å². The van der Waals surface area contributed by atoms with E-state index < -0.39 is 11.8 Å². The number of carbonyl (C=O) groups is 2. The summed E-state index contributed by atoms with van der Waals surface area (Å²) in [4.78, 5) is 26.5. The summed E-state index contributed by atoms with van der Waals surface area (Å²) in [7, 11) is 0. The molecule has 0 saturated carbocycles. The molecule has 2 rings (SSSR count). The number of nitrogens with zero attached hydrogens (tertiary/aromatic N) is 1. The van der Waals surface area contributed by atoms with Gasteiger partial charge in [0.2, 0.25) is 0 Å². The SMILES string of the molecule is CC1(C)CC(NC(=O)C(=O)NCCCN2CCOCC2)CC(C)(C)N1. The fourth-order valence-corrected chi connectivity index (χ4v) is 4.08. The first-order valence-electron chi connectivity index (χ1n) is 9.35. The molecule has 0 atom stereocenters. The third-order valence-electron chi connectivity index (χ3n) is 4.77. The van der Waals surface area contributed by atoms with Crippen molar-refractivity contribution in [2.24, 2.45) is 0 Å². The van der Waals surface area contributed by atoms with Crippen LogP contribution >= 0.6 is 0 Å². The van der Waals surface area contributed by atoms with Gasteiger partial charge in [-0.2, -0.15) is 0 Å². The summed E-state index contributed by atoms with van der Waals surface area (Å²) in [6.45, 7) is 13.4. The summed E-state index contributed by atoms with van der Waals surface area (Å²) in [5.41, 5.74) is -0.122. The molecule has 0 aromatic heterocycles. The molecule has 0 unspecified atom stereocenters. The zero-order valence-corrected chi connectivity index (χ0v) is 16.1. The number of ether oxygens (including phenoxy) is 1. The van der Waals surface area contributed by atoms with Crippen LogP contribution in [0.15, 0.2) is 0 Å². The van der Waals surface area contributed by atoms with E-state index in [0.29, 0.717) is 6.54 Å². The van der Waals surface area contributed by atoms with Crippen LogP contribution in [0.1, 0.15) is 47.0 Å². The van der Waals surface area contributed by atoms with E-state index in [0.717, 1.165) is 52.1 Å². The average Bonchev–Trinajstić information content (AvgIpc) is 2.49. The monoisotopic (exact) mass is 354 g/mol. The lowest BCUT2D eigenvalue weighted by Gasteiger charge is -2.46. The normalized spacial score (nSPS) is 23.8. The Bertz CT molecular complexity index is 457. The number of piperidine rings is 1. The molecule has 7 heteroatoms. The van der Waals surface area contributed by atoms with Gasteiger partial charge >= 0.3 is 11.8 Å². The number of carbonyl (C=O) groups excluding carboxylic acids is 2. The van der Waals surface area contributed by atoms with Gasteiger partial charge in [0.25, 0.3) is 0 Å². The highest BCUT2D eigenvalue weighted by Gasteiger charge is 2.38. The van der Waals surface area contributed by atoms with Crippen molar-refractivity contribution in [3.63, 3.8) is 0 Å². The van der Waals surface area contributed by atoms with E-state index in [4.69, 9.17) is 4.74 Å². The standard InChI is InChI=1S/C18H34N4O3/c1-17(2)12-14(13-18(3,4)21-17)20-16(24)15(23)19-6-5-7-22-8-10-25-11-9-22/h14,21H,5-13H2,1-4H3,(H,19,23)(H,20,24). The Balaban J connectivity index is 1.68. The minimum atomic E-state index is -0.531. The molecule has 144 valence electrons. The van der Waals surface area contributed by atoms with Gasteiger partial charge in [-0.25, -0.2) is 0 Å². The Morgan fingerprint density at radius 1 is 1.08 bits per heavy atom. The van der Waals surface area contributed by atoms with Crippen LogP contribution < -0.4 is 16.0 Å². The zero-order valence-electron chi connectivity index (χ0n) is 16.1. The highest BCUT2D eigenvalue weighted by atomic mass is 16.5. The fourth-order valence-electron chi connectivity index (χ4n) is 4.08. The number of nitrogens with one attached hydrogen (secondary N) is 3. The van der Waals surface area contributed by atoms with Gasteiger partial charge in [0.1, 0.15) is 0 Å². The number of amides is 2. The summed E-state index contributed by atoms with van der Waals surface area (Å²) in [6, 6.07) is 0.0119. The molecule has 25 heavy (non-hydrogen) atoms. The maximum atomic E-state index is 12.2. The second-order valence-electron chi connectivity index (χ2n) is 8.53. The third-order valence-corrected chi connectivity index (χ3v) is 4.77. The Morgan fingerprint density at radius 2 is 1.68 bits per heavy atom. The smallest absolute Gasteiger partial charge is 0.309 e. The summed E-state index contributed by atoms with van der Waals surface area (Å²) >= 11 is 0. The van der Waals surface area contributed by atoms with E-state index in [1.54, 1.807) is 0 Å². The third kappa shape index (κ3) is 6.92. The van der Waals surface area contributed by atoms with Crippen molar-refractivity contribution in [2.75, 3.05) is 39.4 Å². The molecule has 0 aliphatic carbocycles. The number of rotatable bonds is 5. The van der Waals surface area contributed by atoms with E-state index in [1.165, 1.54) is 0 Å². The van der Waals surface area contributed by atoms with Crippen LogP contribution in [0, 0.1) is 0 Å². The van der Waals surface area contributed by atoms with Crippen LogP contribution in [-0.4, -0.2) is 73.2 Å². The molecule has 2 fully saturated rings. The molecular formula is C18H34N4O3. The summed E-state index contributed by atoms with van der Waals surface area (Å²) < 4.78 is 5.31. The minimum Gasteiger partial charge on any atom is -0.379 e. The van der Waals surface area contributed by atoms with E-state index >= 15 is 0 Å². The Kier molecular flexibility index (Phi) is 6.82. The van der Waals surface area contributed by atoms with Gasteiger partial charge in [-0.15, -0.1) is 0 Å². The molecule has 2 aliphatic heterocycles. The van der Waals surface area contributed by atoms with E-state index in [9.17, 15) is 9.59 Å². The molecule has 0 aromatic rings. The topological polar surface area (TPSA) is 82.7 Å². The second kappa shape index (κ2) is 8.47. The molecule has 2 saturated heterocycles. The predicted octanol–water partition coefficient (Wildman–Crippen LogP) is 0.250. The molecular weight excluding hydrogens is 320 g/mol. The maximum absolute atomic E-state index is 12.2. The van der Waals surface area contributed by atoms with Crippen molar-refractivity contribution >= 4 is 11.8 Å². The van der Waals surface area contributed by atoms with Crippen molar-refractivity contribution in [3.8, 4) is 0 Å². The van der Waals surface area contributed by atoms with Crippen molar-refractivity contribution in [3.05, 3.63) is 0 Å². The zero-order chi connectivity index (χ0) is 18.5. The lowest BCUT2D eigenvalue weighted by Crippen LogP contribution is -2.62. The van der Waals surface area contributed by atoms with Gasteiger partial charge in [-0.05, 0) is 53.5 Å². The van der Waals surface area contributed by atoms with Gasteiger partial charge in [0, 0.05) is 36.8 Å². The molecule has 0 radical (unpaired) electrons. The van der Waals surface area contributed by atoms with Crippen LogP contribution in [0.2, 0.25) is 0 Å². The average molecular weight is 354 g/mol. The van der Waals surface area contributed by atoms with Crippen molar-refractivity contribution < 1.29 is 14.3 Å². The summed E-state index contributed by atoms with van der Waals surface area (Å²) in [6.07, 6.45) is 2.46. The van der Waals surface area contributed by atoms with Gasteiger partial charge in [-0.1, -0.05) is 0 Å². The van der Waals surface area contributed by atoms with Gasteiger partial charge in [-0.3, -0.25) is 14.5 Å². The summed E-state index contributed by atoms with van der Waals surface area (Å²) in [5, 5.41) is 9.20. The van der Waals surface area contributed by atoms with E-state index in [-0.39, 0.29) is 17.1 Å². The highest BCUT2D eigenvalue weighted by Crippen LogP contribution is 2.28. The van der Waals surface area contributed by atoms with Gasteiger partial charge in [0.05, 0.1) is 13.2 Å². The predicted molar refractivity (Wildman–Crippen MR) is 97.3 cm³/mol. The van der Waals surface area contributed by atoms with Crippen LogP contribution in [0.3, 0.4) is 0 Å². The molecule has 2 aliphatic rings. The van der Waals surface area contributed by atoms with E-state index in [1.807, 2.05) is 0 Å². The molecule has 0 spiro atoms. The summed E-state index contributed by atoms with van der Waals surface area (Å²) in [5.74, 6) is -1.05. The maximum Gasteiger partial charge on any atom is 0.309 e. The fraction of sp³-hybridized carbons (Fsp3) is 0.889. The Morgan fingerprint density at radius 3 is 2.28 bits per heavy atom. The lowest BCUT2D eigenvalue weighted by atomic mass is 9.79. The Labute approximate surface area is 151 Å². The molecule has 2 amide bonds.